The zero-order chi connectivity index (χ0) is 18.9. The normalized spacial score (nSPS) is 24.3. The first-order chi connectivity index (χ1) is 11.5. The number of rotatable bonds is 5. The summed E-state index contributed by atoms with van der Waals surface area (Å²) in [6.45, 7) is 7.34. The van der Waals surface area contributed by atoms with Gasteiger partial charge in [0, 0.05) is 12.1 Å². The van der Waals surface area contributed by atoms with Gasteiger partial charge in [0.1, 0.15) is 12.1 Å². The summed E-state index contributed by atoms with van der Waals surface area (Å²) in [7, 11) is 0. The van der Waals surface area contributed by atoms with E-state index in [0.29, 0.717) is 24.4 Å². The van der Waals surface area contributed by atoms with E-state index >= 15 is 0 Å². The number of carbonyl (C=O) groups is 3. The van der Waals surface area contributed by atoms with Crippen LogP contribution in [0.4, 0.5) is 9.59 Å². The minimum absolute atomic E-state index is 0.0823. The van der Waals surface area contributed by atoms with Gasteiger partial charge in [-0.05, 0) is 40.5 Å². The van der Waals surface area contributed by atoms with E-state index in [1.807, 2.05) is 0 Å². The van der Waals surface area contributed by atoms with E-state index in [1.165, 1.54) is 9.80 Å². The smallest absolute Gasteiger partial charge is 0.407 e. The summed E-state index contributed by atoms with van der Waals surface area (Å²) >= 11 is 0. The first-order valence-electron chi connectivity index (χ1n) is 8.27. The molecular weight excluding hydrogens is 332 g/mol. The Morgan fingerprint density at radius 2 is 2.04 bits per heavy atom. The third-order valence-electron chi connectivity index (χ3n) is 4.49. The van der Waals surface area contributed by atoms with Crippen LogP contribution >= 0.6 is 0 Å². The summed E-state index contributed by atoms with van der Waals surface area (Å²) < 4.78 is 0. The minimum atomic E-state index is -1.07. The van der Waals surface area contributed by atoms with E-state index in [9.17, 15) is 24.7 Å². The molecule has 3 atom stereocenters. The van der Waals surface area contributed by atoms with Crippen molar-refractivity contribution in [3.05, 3.63) is 0 Å². The molecule has 2 saturated heterocycles. The van der Waals surface area contributed by atoms with Gasteiger partial charge in [0.2, 0.25) is 0 Å². The molecule has 0 aromatic rings. The predicted molar refractivity (Wildman–Crippen MR) is 85.7 cm³/mol. The molecule has 0 unspecified atom stereocenters. The quantitative estimate of drug-likeness (QED) is 0.495. The average molecular weight is 358 g/mol. The zero-order valence-electron chi connectivity index (χ0n) is 14.9. The molecule has 142 valence electrons. The largest absolute Gasteiger partial charge is 0.465 e. The topological polar surface area (TPSA) is 123 Å². The molecule has 2 rings (SSSR count). The van der Waals surface area contributed by atoms with Gasteiger partial charge in [-0.2, -0.15) is 0 Å². The van der Waals surface area contributed by atoms with Gasteiger partial charge in [0.25, 0.3) is 5.91 Å². The molecule has 4 amide bonds. The van der Waals surface area contributed by atoms with Crippen molar-refractivity contribution >= 4 is 18.0 Å². The first kappa shape index (κ1) is 19.3. The van der Waals surface area contributed by atoms with Crippen LogP contribution < -0.4 is 5.48 Å². The van der Waals surface area contributed by atoms with Crippen molar-refractivity contribution in [1.29, 1.82) is 0 Å². The summed E-state index contributed by atoms with van der Waals surface area (Å²) in [6, 6.07) is -1.56. The van der Waals surface area contributed by atoms with E-state index in [0.717, 1.165) is 0 Å². The molecule has 0 aromatic heterocycles. The molecule has 2 bridgehead atoms. The van der Waals surface area contributed by atoms with Crippen LogP contribution in [-0.2, 0) is 9.63 Å². The van der Waals surface area contributed by atoms with Crippen LogP contribution in [0.2, 0.25) is 0 Å². The fraction of sp³-hybridized carbons (Fsp3) is 0.800. The van der Waals surface area contributed by atoms with Gasteiger partial charge < -0.3 is 14.9 Å². The van der Waals surface area contributed by atoms with Gasteiger partial charge in [-0.15, -0.1) is 0 Å². The van der Waals surface area contributed by atoms with Gasteiger partial charge in [0.05, 0.1) is 12.6 Å². The van der Waals surface area contributed by atoms with Crippen LogP contribution in [-0.4, -0.2) is 80.0 Å². The van der Waals surface area contributed by atoms with Crippen LogP contribution in [0, 0.1) is 0 Å². The Bertz CT molecular complexity index is 549. The van der Waals surface area contributed by atoms with Gasteiger partial charge in [-0.3, -0.25) is 14.8 Å². The number of urea groups is 1. The Morgan fingerprint density at radius 1 is 1.40 bits per heavy atom. The summed E-state index contributed by atoms with van der Waals surface area (Å²) in [5.41, 5.74) is 1.71. The number of hydrogen-bond acceptors (Lipinski definition) is 5. The van der Waals surface area contributed by atoms with Gasteiger partial charge >= 0.3 is 12.1 Å². The molecule has 10 heteroatoms. The zero-order valence-corrected chi connectivity index (χ0v) is 14.9. The number of hydrogen-bond donors (Lipinski definition) is 3. The number of nitrogens with zero attached hydrogens (tertiary/aromatic N) is 3. The first-order valence-corrected chi connectivity index (χ1v) is 8.27. The predicted octanol–water partition coefficient (Wildman–Crippen LogP) is 0.859. The van der Waals surface area contributed by atoms with Gasteiger partial charge in [-0.25, -0.2) is 20.1 Å². The second-order valence-corrected chi connectivity index (χ2v) is 7.49. The van der Waals surface area contributed by atoms with Crippen LogP contribution in [0.15, 0.2) is 0 Å². The van der Waals surface area contributed by atoms with Gasteiger partial charge in [0.15, 0.2) is 0 Å². The molecular formula is C15H26N4O6. The Balaban J connectivity index is 1.87. The van der Waals surface area contributed by atoms with Crippen LogP contribution in [0.5, 0.6) is 0 Å². The van der Waals surface area contributed by atoms with Crippen molar-refractivity contribution < 1.29 is 29.5 Å². The summed E-state index contributed by atoms with van der Waals surface area (Å²) in [5.74, 6) is -0.480. The molecule has 25 heavy (non-hydrogen) atoms. The minimum Gasteiger partial charge on any atom is -0.465 e. The average Bonchev–Trinajstić information content (AvgIpc) is 2.73. The molecule has 0 aromatic carbocycles. The molecule has 0 spiro atoms. The van der Waals surface area contributed by atoms with Crippen molar-refractivity contribution in [3.8, 4) is 0 Å². The Hall–Kier alpha value is -2.07. The molecule has 10 nitrogen and oxygen atoms in total. The second-order valence-electron chi connectivity index (χ2n) is 7.49. The molecule has 2 heterocycles. The van der Waals surface area contributed by atoms with Crippen molar-refractivity contribution in [1.82, 2.24) is 20.3 Å². The maximum Gasteiger partial charge on any atom is 0.407 e. The Morgan fingerprint density at radius 3 is 2.60 bits per heavy atom. The third-order valence-corrected chi connectivity index (χ3v) is 4.49. The highest BCUT2D eigenvalue weighted by Gasteiger charge is 2.46. The lowest BCUT2D eigenvalue weighted by atomic mass is 10.0. The Labute approximate surface area is 146 Å². The van der Waals surface area contributed by atoms with Crippen LogP contribution in [0.1, 0.15) is 40.5 Å². The number of amides is 4. The lowest BCUT2D eigenvalue weighted by Gasteiger charge is -2.35. The number of fused-ring (bicyclic) bond motifs is 2. The Kier molecular flexibility index (Phi) is 5.43. The van der Waals surface area contributed by atoms with Crippen LogP contribution in [0.25, 0.3) is 0 Å². The number of hydroxylamine groups is 3. The van der Waals surface area contributed by atoms with Crippen molar-refractivity contribution in [2.75, 3.05) is 13.1 Å². The maximum absolute atomic E-state index is 12.3. The fourth-order valence-corrected chi connectivity index (χ4v) is 3.08. The number of carboxylic acid groups (broad SMARTS) is 1. The van der Waals surface area contributed by atoms with E-state index in [4.69, 9.17) is 4.84 Å². The lowest BCUT2D eigenvalue weighted by Crippen LogP contribution is -2.52. The molecule has 2 aliphatic heterocycles. The standard InChI is InChI=1S/C15H26N4O6/c1-9(7-18(14(22)23)15(2,3)4)25-16-12(20)11-6-5-10-8-17(11)13(21)19(10)24/h9-11,24H,5-8H2,1-4H3,(H,16,20)(H,22,23)/t9-,10+,11-/m0/s1. The second kappa shape index (κ2) is 7.04. The highest BCUT2D eigenvalue weighted by molar-refractivity contribution is 5.87. The number of carbonyl (C=O) groups excluding carboxylic acids is 2. The molecule has 3 N–H and O–H groups in total. The molecule has 0 aliphatic carbocycles. The highest BCUT2D eigenvalue weighted by Crippen LogP contribution is 2.28. The summed E-state index contributed by atoms with van der Waals surface area (Å²) in [5, 5.41) is 19.6. The fourth-order valence-electron chi connectivity index (χ4n) is 3.08. The van der Waals surface area contributed by atoms with Gasteiger partial charge in [-0.1, -0.05) is 0 Å². The van der Waals surface area contributed by atoms with E-state index < -0.39 is 35.7 Å². The van der Waals surface area contributed by atoms with Crippen molar-refractivity contribution in [2.24, 2.45) is 0 Å². The number of piperidine rings is 1. The molecule has 0 saturated carbocycles. The summed E-state index contributed by atoms with van der Waals surface area (Å²) in [6.07, 6.45) is -0.679. The highest BCUT2D eigenvalue weighted by atomic mass is 16.7. The number of nitrogens with one attached hydrogen (secondary N) is 1. The van der Waals surface area contributed by atoms with Crippen molar-refractivity contribution in [2.45, 2.75) is 64.3 Å². The molecule has 2 fully saturated rings. The van der Waals surface area contributed by atoms with Crippen LogP contribution in [0.3, 0.4) is 0 Å². The monoisotopic (exact) mass is 358 g/mol. The lowest BCUT2D eigenvalue weighted by molar-refractivity contribution is -0.144. The van der Waals surface area contributed by atoms with Crippen molar-refractivity contribution in [3.63, 3.8) is 0 Å². The molecule has 2 aliphatic rings. The van der Waals surface area contributed by atoms with E-state index in [-0.39, 0.29) is 12.6 Å². The SMILES string of the molecule is C[C@@H](CN(C(=O)O)C(C)(C)C)ONC(=O)[C@@H]1CC[C@@H]2CN1C(=O)N2O. The van der Waals surface area contributed by atoms with E-state index in [1.54, 1.807) is 27.7 Å². The summed E-state index contributed by atoms with van der Waals surface area (Å²) in [4.78, 5) is 43.3. The van der Waals surface area contributed by atoms with E-state index in [2.05, 4.69) is 5.48 Å². The molecule has 0 radical (unpaired) electrons. The third kappa shape index (κ3) is 4.13. The maximum atomic E-state index is 12.3.